The number of para-hydroxylation sites is 1. The van der Waals surface area contributed by atoms with Crippen molar-refractivity contribution < 1.29 is 54.5 Å². The van der Waals surface area contributed by atoms with E-state index in [1.54, 1.807) is 0 Å². The zero-order valence-corrected chi connectivity index (χ0v) is 17.9. The van der Waals surface area contributed by atoms with Gasteiger partial charge >= 0.3 is 11.9 Å². The Morgan fingerprint density at radius 1 is 0.812 bits per heavy atom. The van der Waals surface area contributed by atoms with Gasteiger partial charge in [-0.15, -0.1) is 0 Å². The van der Waals surface area contributed by atoms with E-state index in [2.05, 4.69) is 18.9 Å². The molecule has 0 unspecified atom stereocenters. The van der Waals surface area contributed by atoms with Crippen LogP contribution in [0.4, 0.5) is 17.6 Å². The van der Waals surface area contributed by atoms with Crippen LogP contribution < -0.4 is 9.47 Å². The van der Waals surface area contributed by atoms with E-state index in [9.17, 15) is 35.6 Å². The highest BCUT2D eigenvalue weighted by atomic mass is 35.7. The molecule has 0 radical (unpaired) electrons. The average Bonchev–Trinajstić information content (AvgIpc) is 2.72. The SMILES string of the molecule is COC(=O)COc1c(F)cc(S(=O)(=O)Cl)cc1F.COC(=O)COc1c(F)cccc1F. The summed E-state index contributed by atoms with van der Waals surface area (Å²) in [6, 6.07) is 4.25. The van der Waals surface area contributed by atoms with E-state index in [1.807, 2.05) is 0 Å². The third-order valence-corrected chi connectivity index (χ3v) is 4.63. The molecular formula is C18H15ClF4O8S. The lowest BCUT2D eigenvalue weighted by Gasteiger charge is -2.08. The van der Waals surface area contributed by atoms with Gasteiger partial charge in [0.25, 0.3) is 9.05 Å². The molecule has 0 saturated heterocycles. The van der Waals surface area contributed by atoms with E-state index in [0.29, 0.717) is 12.1 Å². The third-order valence-electron chi connectivity index (χ3n) is 3.30. The number of methoxy groups -OCH3 is 2. The van der Waals surface area contributed by atoms with Crippen LogP contribution in [0.25, 0.3) is 0 Å². The van der Waals surface area contributed by atoms with Gasteiger partial charge < -0.3 is 18.9 Å². The van der Waals surface area contributed by atoms with Crippen LogP contribution in [-0.2, 0) is 28.1 Å². The Hall–Kier alpha value is -3.06. The molecule has 0 aliphatic rings. The molecule has 0 aliphatic carbocycles. The number of carbonyl (C=O) groups is 2. The highest BCUT2D eigenvalue weighted by Crippen LogP contribution is 2.27. The molecule has 176 valence electrons. The van der Waals surface area contributed by atoms with Gasteiger partial charge in [-0.3, -0.25) is 0 Å². The molecule has 0 amide bonds. The third kappa shape index (κ3) is 8.23. The monoisotopic (exact) mass is 502 g/mol. The Bertz CT molecular complexity index is 1040. The molecule has 0 saturated carbocycles. The van der Waals surface area contributed by atoms with E-state index in [-0.39, 0.29) is 0 Å². The second-order valence-corrected chi connectivity index (χ2v) is 8.00. The van der Waals surface area contributed by atoms with E-state index in [1.165, 1.54) is 6.07 Å². The lowest BCUT2D eigenvalue weighted by molar-refractivity contribution is -0.143. The van der Waals surface area contributed by atoms with Crippen molar-refractivity contribution in [3.63, 3.8) is 0 Å². The Labute approximate surface area is 184 Å². The molecule has 2 rings (SSSR count). The lowest BCUT2D eigenvalue weighted by Crippen LogP contribution is -2.14. The predicted octanol–water partition coefficient (Wildman–Crippen LogP) is 2.96. The van der Waals surface area contributed by atoms with Crippen LogP contribution in [0, 0.1) is 23.3 Å². The first kappa shape index (κ1) is 27.0. The number of ether oxygens (including phenoxy) is 4. The topological polar surface area (TPSA) is 105 Å². The molecule has 0 atom stereocenters. The number of carbonyl (C=O) groups excluding carboxylic acids is 2. The van der Waals surface area contributed by atoms with Gasteiger partial charge in [0.05, 0.1) is 19.1 Å². The van der Waals surface area contributed by atoms with Crippen LogP contribution >= 0.6 is 10.7 Å². The van der Waals surface area contributed by atoms with Gasteiger partial charge in [-0.1, -0.05) is 6.07 Å². The van der Waals surface area contributed by atoms with Gasteiger partial charge in [-0.25, -0.2) is 35.6 Å². The van der Waals surface area contributed by atoms with Gasteiger partial charge in [-0.05, 0) is 24.3 Å². The fourth-order valence-corrected chi connectivity index (χ4v) is 2.57. The Kier molecular flexibility index (Phi) is 10.2. The van der Waals surface area contributed by atoms with Crippen molar-refractivity contribution in [3.8, 4) is 11.5 Å². The number of esters is 2. The van der Waals surface area contributed by atoms with Gasteiger partial charge in [0.1, 0.15) is 0 Å². The fourth-order valence-electron chi connectivity index (χ4n) is 1.82. The van der Waals surface area contributed by atoms with Crippen molar-refractivity contribution in [2.75, 3.05) is 27.4 Å². The van der Waals surface area contributed by atoms with Crippen molar-refractivity contribution in [1.82, 2.24) is 0 Å². The minimum Gasteiger partial charge on any atom is -0.476 e. The van der Waals surface area contributed by atoms with Crippen LogP contribution in [-0.4, -0.2) is 47.8 Å². The largest absolute Gasteiger partial charge is 0.476 e. The van der Waals surface area contributed by atoms with E-state index >= 15 is 0 Å². The molecule has 0 aromatic heterocycles. The molecule has 0 bridgehead atoms. The number of hydrogen-bond acceptors (Lipinski definition) is 8. The van der Waals surface area contributed by atoms with Crippen LogP contribution in [0.2, 0.25) is 0 Å². The standard InChI is InChI=1S/C9H7ClF2O5S.C9H8F2O3/c1-16-8(13)4-17-9-6(11)2-5(3-7(9)12)18(10,14)15;1-13-8(12)5-14-9-6(10)3-2-4-7(9)11/h2-3H,4H2,1H3;2-4H,5H2,1H3. The molecular weight excluding hydrogens is 488 g/mol. The first-order chi connectivity index (χ1) is 14.9. The van der Waals surface area contributed by atoms with E-state index in [4.69, 9.17) is 10.7 Å². The van der Waals surface area contributed by atoms with E-state index < -0.39 is 73.9 Å². The number of hydrogen-bond donors (Lipinski definition) is 0. The van der Waals surface area contributed by atoms with Gasteiger partial charge in [0.2, 0.25) is 0 Å². The molecule has 0 N–H and O–H groups in total. The van der Waals surface area contributed by atoms with E-state index in [0.717, 1.165) is 26.4 Å². The summed E-state index contributed by atoms with van der Waals surface area (Å²) in [5, 5.41) is 0. The maximum atomic E-state index is 13.4. The highest BCUT2D eigenvalue weighted by Gasteiger charge is 2.19. The van der Waals surface area contributed by atoms with Gasteiger partial charge in [0.15, 0.2) is 48.0 Å². The Morgan fingerprint density at radius 2 is 1.19 bits per heavy atom. The molecule has 0 aliphatic heterocycles. The minimum absolute atomic E-state index is 0.484. The zero-order chi connectivity index (χ0) is 24.5. The zero-order valence-electron chi connectivity index (χ0n) is 16.4. The van der Waals surface area contributed by atoms with Crippen LogP contribution in [0.3, 0.4) is 0 Å². The first-order valence-electron chi connectivity index (χ1n) is 8.17. The summed E-state index contributed by atoms with van der Waals surface area (Å²) in [7, 11) is 2.90. The molecule has 0 heterocycles. The number of rotatable bonds is 7. The summed E-state index contributed by atoms with van der Waals surface area (Å²) in [5.41, 5.74) is 0. The molecule has 8 nitrogen and oxygen atoms in total. The molecule has 0 fully saturated rings. The van der Waals surface area contributed by atoms with Gasteiger partial charge in [-0.2, -0.15) is 0 Å². The molecule has 14 heteroatoms. The van der Waals surface area contributed by atoms with Crippen LogP contribution in [0.1, 0.15) is 0 Å². The second-order valence-electron chi connectivity index (χ2n) is 5.43. The molecule has 0 spiro atoms. The maximum Gasteiger partial charge on any atom is 0.343 e. The summed E-state index contributed by atoms with van der Waals surface area (Å²) in [4.78, 5) is 20.6. The Morgan fingerprint density at radius 3 is 1.53 bits per heavy atom. The Balaban J connectivity index is 0.000000330. The average molecular weight is 503 g/mol. The number of benzene rings is 2. The summed E-state index contributed by atoms with van der Waals surface area (Å²) >= 11 is 0. The van der Waals surface area contributed by atoms with Crippen LogP contribution in [0.5, 0.6) is 11.5 Å². The maximum absolute atomic E-state index is 13.4. The minimum atomic E-state index is -4.26. The van der Waals surface area contributed by atoms with Gasteiger partial charge in [0, 0.05) is 10.7 Å². The second kappa shape index (κ2) is 12.1. The fraction of sp³-hybridized carbons (Fsp3) is 0.222. The lowest BCUT2D eigenvalue weighted by atomic mass is 10.3. The molecule has 2 aromatic rings. The quantitative estimate of drug-likeness (QED) is 0.323. The van der Waals surface area contributed by atoms with Crippen molar-refractivity contribution >= 4 is 31.7 Å². The highest BCUT2D eigenvalue weighted by molar-refractivity contribution is 8.13. The van der Waals surface area contributed by atoms with Crippen molar-refractivity contribution in [2.24, 2.45) is 0 Å². The van der Waals surface area contributed by atoms with Crippen LogP contribution in [0.15, 0.2) is 35.2 Å². The van der Waals surface area contributed by atoms with Crippen molar-refractivity contribution in [3.05, 3.63) is 53.6 Å². The first-order valence-corrected chi connectivity index (χ1v) is 10.5. The summed E-state index contributed by atoms with van der Waals surface area (Å²) in [6.45, 7) is -1.23. The summed E-state index contributed by atoms with van der Waals surface area (Å²) in [5.74, 6) is -7.29. The molecule has 2 aromatic carbocycles. The normalized spacial score (nSPS) is 10.5. The van der Waals surface area contributed by atoms with Crippen molar-refractivity contribution in [1.29, 1.82) is 0 Å². The summed E-state index contributed by atoms with van der Waals surface area (Å²) in [6.07, 6.45) is 0. The predicted molar refractivity (Wildman–Crippen MR) is 101 cm³/mol. The van der Waals surface area contributed by atoms with Crippen molar-refractivity contribution in [2.45, 2.75) is 4.90 Å². The summed E-state index contributed by atoms with van der Waals surface area (Å²) < 4.78 is 91.8. The molecule has 32 heavy (non-hydrogen) atoms. The smallest absolute Gasteiger partial charge is 0.343 e. The number of halogens is 5.